The van der Waals surface area contributed by atoms with E-state index in [-0.39, 0.29) is 0 Å². The van der Waals surface area contributed by atoms with Crippen molar-refractivity contribution in [2.75, 3.05) is 0 Å². The van der Waals surface area contributed by atoms with Crippen molar-refractivity contribution in [2.24, 2.45) is 5.41 Å². The summed E-state index contributed by atoms with van der Waals surface area (Å²) in [6, 6.07) is 0. The van der Waals surface area contributed by atoms with E-state index >= 15 is 0 Å². The summed E-state index contributed by atoms with van der Waals surface area (Å²) in [5.74, 6) is 0. The van der Waals surface area contributed by atoms with Crippen LogP contribution in [-0.4, -0.2) is 0 Å². The maximum absolute atomic E-state index is 2.34. The minimum Gasteiger partial charge on any atom is -0.144 e. The fourth-order valence-corrected chi connectivity index (χ4v) is 4.34. The molecule has 1 heteroatoms. The van der Waals surface area contributed by atoms with Crippen molar-refractivity contribution in [3.63, 3.8) is 0 Å². The molecular weight excluding hydrogens is 260 g/mol. The average Bonchev–Trinajstić information content (AvgIpc) is 2.67. The molecule has 110 valence electrons. The van der Waals surface area contributed by atoms with Gasteiger partial charge in [0.2, 0.25) is 0 Å². The molecule has 1 heterocycles. The number of hydrogen-bond donors (Lipinski definition) is 0. The lowest BCUT2D eigenvalue weighted by Gasteiger charge is -2.18. The van der Waals surface area contributed by atoms with E-state index in [0.717, 1.165) is 0 Å². The smallest absolute Gasteiger partial charge is 0.0130 e. The lowest BCUT2D eigenvalue weighted by molar-refractivity contribution is 0.380. The van der Waals surface area contributed by atoms with Crippen molar-refractivity contribution >= 4 is 22.1 Å². The van der Waals surface area contributed by atoms with Crippen LogP contribution in [0.25, 0.3) is 10.8 Å². The molecule has 0 nitrogen and oxygen atoms in total. The predicted octanol–water partition coefficient (Wildman–Crippen LogP) is 6.42. The van der Waals surface area contributed by atoms with Crippen molar-refractivity contribution in [3.8, 4) is 0 Å². The fraction of sp³-hybridized carbons (Fsp3) is 0.579. The van der Waals surface area contributed by atoms with Gasteiger partial charge in [0.25, 0.3) is 0 Å². The lowest BCUT2D eigenvalue weighted by atomic mass is 9.88. The van der Waals surface area contributed by atoms with Crippen LogP contribution in [0.5, 0.6) is 0 Å². The molecule has 1 aromatic carbocycles. The first kappa shape index (κ1) is 15.6. The fourth-order valence-electron chi connectivity index (χ4n) is 3.05. The molecule has 1 aromatic heterocycles. The van der Waals surface area contributed by atoms with Gasteiger partial charge in [0.15, 0.2) is 0 Å². The van der Waals surface area contributed by atoms with Crippen LogP contribution in [0.3, 0.4) is 0 Å². The Morgan fingerprint density at radius 2 is 1.25 bits per heavy atom. The highest BCUT2D eigenvalue weighted by molar-refractivity contribution is 7.13. The zero-order valence-electron chi connectivity index (χ0n) is 14.3. The Kier molecular flexibility index (Phi) is 4.03. The molecule has 0 unspecified atom stereocenters. The Morgan fingerprint density at radius 1 is 0.750 bits per heavy atom. The van der Waals surface area contributed by atoms with Gasteiger partial charge in [0.1, 0.15) is 0 Å². The van der Waals surface area contributed by atoms with E-state index in [2.05, 4.69) is 55.4 Å². The third-order valence-corrected chi connectivity index (χ3v) is 5.86. The van der Waals surface area contributed by atoms with Crippen molar-refractivity contribution in [2.45, 2.75) is 68.2 Å². The molecule has 0 bridgehead atoms. The molecule has 2 aromatic rings. The minimum atomic E-state index is 0.410. The van der Waals surface area contributed by atoms with Gasteiger partial charge in [-0.05, 0) is 85.9 Å². The molecule has 2 rings (SSSR count). The van der Waals surface area contributed by atoms with Gasteiger partial charge in [-0.1, -0.05) is 20.8 Å². The number of aryl methyl sites for hydroxylation is 4. The number of thiophene rings is 1. The minimum absolute atomic E-state index is 0.410. The van der Waals surface area contributed by atoms with Gasteiger partial charge in [-0.25, -0.2) is 0 Å². The number of rotatable bonds is 2. The lowest BCUT2D eigenvalue weighted by Crippen LogP contribution is -2.06. The quantitative estimate of drug-likeness (QED) is 0.598. The highest BCUT2D eigenvalue weighted by atomic mass is 32.1. The van der Waals surface area contributed by atoms with Gasteiger partial charge in [-0.3, -0.25) is 0 Å². The molecule has 0 spiro atoms. The molecule has 0 fully saturated rings. The largest absolute Gasteiger partial charge is 0.144 e. The van der Waals surface area contributed by atoms with Crippen LogP contribution in [0.4, 0.5) is 0 Å². The summed E-state index contributed by atoms with van der Waals surface area (Å²) in [5.41, 5.74) is 6.34. The third-order valence-electron chi connectivity index (χ3n) is 4.70. The Hall–Kier alpha value is -0.820. The highest BCUT2D eigenvalue weighted by Gasteiger charge is 2.18. The Labute approximate surface area is 128 Å². The summed E-state index contributed by atoms with van der Waals surface area (Å²) < 4.78 is 0. The maximum Gasteiger partial charge on any atom is 0.0130 e. The van der Waals surface area contributed by atoms with Crippen molar-refractivity contribution < 1.29 is 0 Å². The normalized spacial score (nSPS) is 12.4. The molecule has 0 radical (unpaired) electrons. The van der Waals surface area contributed by atoms with E-state index in [0.29, 0.717) is 5.41 Å². The Morgan fingerprint density at radius 3 is 1.75 bits per heavy atom. The van der Waals surface area contributed by atoms with Crippen LogP contribution in [0.1, 0.15) is 59.2 Å². The summed E-state index contributed by atoms with van der Waals surface area (Å²) in [6.45, 7) is 18.4. The molecule has 0 saturated carbocycles. The highest BCUT2D eigenvalue weighted by Crippen LogP contribution is 2.40. The average molecular weight is 288 g/mol. The number of benzene rings is 1. The van der Waals surface area contributed by atoms with E-state index in [1.165, 1.54) is 45.4 Å². The zero-order chi connectivity index (χ0) is 15.2. The molecule has 0 aliphatic heterocycles. The molecular formula is C19H28S. The molecule has 20 heavy (non-hydrogen) atoms. The summed E-state index contributed by atoms with van der Waals surface area (Å²) in [7, 11) is 0. The van der Waals surface area contributed by atoms with Crippen LogP contribution in [0.15, 0.2) is 0 Å². The van der Waals surface area contributed by atoms with Crippen LogP contribution in [-0.2, 0) is 6.42 Å². The first-order valence-electron chi connectivity index (χ1n) is 7.62. The van der Waals surface area contributed by atoms with Crippen LogP contribution >= 0.6 is 11.3 Å². The number of fused-ring (bicyclic) bond motifs is 1. The zero-order valence-corrected chi connectivity index (χ0v) is 15.1. The molecule has 0 saturated heterocycles. The Bertz CT molecular complexity index is 651. The molecule has 0 amide bonds. The standard InChI is InChI=1S/C19H28S/c1-11-12(2)14(4)18-16(9-10-19(6,7)8)20-15(5)17(18)13(11)3/h9-10H2,1-8H3. The van der Waals surface area contributed by atoms with Gasteiger partial charge in [-0.2, -0.15) is 0 Å². The number of hydrogen-bond acceptors (Lipinski definition) is 1. The summed E-state index contributed by atoms with van der Waals surface area (Å²) in [6.07, 6.45) is 2.47. The van der Waals surface area contributed by atoms with Crippen molar-refractivity contribution in [1.82, 2.24) is 0 Å². The van der Waals surface area contributed by atoms with E-state index in [9.17, 15) is 0 Å². The van der Waals surface area contributed by atoms with E-state index < -0.39 is 0 Å². The third kappa shape index (κ3) is 2.65. The predicted molar refractivity (Wildman–Crippen MR) is 93.3 cm³/mol. The van der Waals surface area contributed by atoms with Crippen LogP contribution < -0.4 is 0 Å². The van der Waals surface area contributed by atoms with E-state index in [1.807, 2.05) is 11.3 Å². The molecule has 0 atom stereocenters. The van der Waals surface area contributed by atoms with Gasteiger partial charge >= 0.3 is 0 Å². The first-order chi connectivity index (χ1) is 9.13. The second-order valence-corrected chi connectivity index (χ2v) is 8.70. The van der Waals surface area contributed by atoms with E-state index in [1.54, 1.807) is 10.3 Å². The molecule has 0 aliphatic carbocycles. The van der Waals surface area contributed by atoms with Gasteiger partial charge in [-0.15, -0.1) is 11.3 Å². The van der Waals surface area contributed by atoms with Gasteiger partial charge < -0.3 is 0 Å². The Balaban J connectivity index is 2.64. The first-order valence-corrected chi connectivity index (χ1v) is 8.43. The monoisotopic (exact) mass is 288 g/mol. The summed E-state index contributed by atoms with van der Waals surface area (Å²) >= 11 is 2.01. The van der Waals surface area contributed by atoms with Crippen LogP contribution in [0.2, 0.25) is 0 Å². The van der Waals surface area contributed by atoms with E-state index in [4.69, 9.17) is 0 Å². The molecule has 0 aliphatic rings. The second-order valence-electron chi connectivity index (χ2n) is 7.39. The maximum atomic E-state index is 2.34. The summed E-state index contributed by atoms with van der Waals surface area (Å²) in [5, 5.41) is 3.08. The molecule has 0 N–H and O–H groups in total. The van der Waals surface area contributed by atoms with Crippen molar-refractivity contribution in [3.05, 3.63) is 32.0 Å². The summed E-state index contributed by atoms with van der Waals surface area (Å²) in [4.78, 5) is 3.09. The van der Waals surface area contributed by atoms with Crippen molar-refractivity contribution in [1.29, 1.82) is 0 Å². The van der Waals surface area contributed by atoms with Gasteiger partial charge in [0, 0.05) is 9.75 Å². The topological polar surface area (TPSA) is 0 Å². The van der Waals surface area contributed by atoms with Crippen LogP contribution in [0, 0.1) is 40.0 Å². The second kappa shape index (κ2) is 5.18. The SMILES string of the molecule is Cc1c(C)c(C)c2c(CCC(C)(C)C)sc(C)c2c1C. The van der Waals surface area contributed by atoms with Gasteiger partial charge in [0.05, 0.1) is 0 Å².